The molecule has 1 heterocycles. The zero-order chi connectivity index (χ0) is 22.5. The van der Waals surface area contributed by atoms with E-state index in [0.29, 0.717) is 22.6 Å². The number of ether oxygens (including phenoxy) is 3. The van der Waals surface area contributed by atoms with Gasteiger partial charge in [0.2, 0.25) is 10.0 Å². The van der Waals surface area contributed by atoms with Gasteiger partial charge in [0.15, 0.2) is 0 Å². The highest BCUT2D eigenvalue weighted by Crippen LogP contribution is 2.20. The number of benzene rings is 1. The molecule has 2 aromatic rings. The highest BCUT2D eigenvalue weighted by atomic mass is 32.2. The number of aromatic amines is 1. The Morgan fingerprint density at radius 2 is 1.63 bits per heavy atom. The van der Waals surface area contributed by atoms with Gasteiger partial charge >= 0.3 is 11.9 Å². The predicted octanol–water partition coefficient (Wildman–Crippen LogP) is 2.29. The number of carbonyl (C=O) groups is 2. The first-order valence-electron chi connectivity index (χ1n) is 9.28. The minimum absolute atomic E-state index is 0.0250. The zero-order valence-electron chi connectivity index (χ0n) is 17.6. The molecule has 0 radical (unpaired) electrons. The topological polar surface area (TPSA) is 115 Å². The number of nitrogens with one attached hydrogen (secondary N) is 1. The van der Waals surface area contributed by atoms with Gasteiger partial charge in [0.05, 0.1) is 17.1 Å². The molecule has 1 aromatic carbocycles. The molecule has 0 aliphatic rings. The van der Waals surface area contributed by atoms with Gasteiger partial charge in [-0.1, -0.05) is 0 Å². The summed E-state index contributed by atoms with van der Waals surface area (Å²) in [5, 5.41) is 0. The SMILES string of the molecule is CCOC(=O)c1c(C)[nH]c(C(=O)OCCOc2ccc(S(=O)(=O)N(C)C)cc2)c1C. The number of carbonyl (C=O) groups excluding carboxylic acids is 2. The molecular formula is C20H26N2O7S. The van der Waals surface area contributed by atoms with E-state index in [1.807, 2.05) is 0 Å². The quantitative estimate of drug-likeness (QED) is 0.472. The van der Waals surface area contributed by atoms with Crippen LogP contribution in [0.2, 0.25) is 0 Å². The van der Waals surface area contributed by atoms with Crippen LogP contribution in [0.15, 0.2) is 29.2 Å². The van der Waals surface area contributed by atoms with Crippen molar-refractivity contribution in [2.45, 2.75) is 25.7 Å². The fourth-order valence-electron chi connectivity index (χ4n) is 2.75. The number of nitrogens with zero attached hydrogens (tertiary/aromatic N) is 1. The third-order valence-electron chi connectivity index (χ3n) is 4.31. The normalized spacial score (nSPS) is 11.4. The third kappa shape index (κ3) is 5.19. The lowest BCUT2D eigenvalue weighted by Crippen LogP contribution is -2.22. The molecule has 0 aliphatic carbocycles. The number of hydrogen-bond donors (Lipinski definition) is 1. The van der Waals surface area contributed by atoms with Crippen molar-refractivity contribution in [2.75, 3.05) is 33.9 Å². The Hall–Kier alpha value is -2.85. The second-order valence-corrected chi connectivity index (χ2v) is 8.74. The van der Waals surface area contributed by atoms with E-state index in [2.05, 4.69) is 4.98 Å². The summed E-state index contributed by atoms with van der Waals surface area (Å²) in [4.78, 5) is 27.3. The van der Waals surface area contributed by atoms with Crippen LogP contribution in [0.1, 0.15) is 39.0 Å². The molecule has 0 aliphatic heterocycles. The molecule has 0 saturated heterocycles. The van der Waals surface area contributed by atoms with Gasteiger partial charge in [0, 0.05) is 19.8 Å². The number of hydrogen-bond acceptors (Lipinski definition) is 7. The molecule has 10 heteroatoms. The van der Waals surface area contributed by atoms with Crippen LogP contribution < -0.4 is 4.74 Å². The average molecular weight is 439 g/mol. The van der Waals surface area contributed by atoms with Crippen molar-refractivity contribution in [3.05, 3.63) is 46.8 Å². The second kappa shape index (κ2) is 9.77. The third-order valence-corrected chi connectivity index (χ3v) is 6.14. The molecule has 1 aromatic heterocycles. The van der Waals surface area contributed by atoms with Crippen molar-refractivity contribution < 1.29 is 32.2 Å². The molecule has 9 nitrogen and oxygen atoms in total. The van der Waals surface area contributed by atoms with Crippen LogP contribution in [0.3, 0.4) is 0 Å². The summed E-state index contributed by atoms with van der Waals surface area (Å²) in [5.74, 6) is -0.659. The Balaban J connectivity index is 1.91. The van der Waals surface area contributed by atoms with Crippen LogP contribution in [0.25, 0.3) is 0 Å². The van der Waals surface area contributed by atoms with Gasteiger partial charge in [0.25, 0.3) is 0 Å². The predicted molar refractivity (Wildman–Crippen MR) is 109 cm³/mol. The van der Waals surface area contributed by atoms with Gasteiger partial charge in [-0.05, 0) is 50.6 Å². The summed E-state index contributed by atoms with van der Waals surface area (Å²) in [6.07, 6.45) is 0. The van der Waals surface area contributed by atoms with E-state index in [1.54, 1.807) is 20.8 Å². The summed E-state index contributed by atoms with van der Waals surface area (Å²) in [6.45, 7) is 5.32. The number of esters is 2. The highest BCUT2D eigenvalue weighted by molar-refractivity contribution is 7.89. The van der Waals surface area contributed by atoms with E-state index in [0.717, 1.165) is 4.31 Å². The Labute approximate surface area is 176 Å². The summed E-state index contributed by atoms with van der Waals surface area (Å²) in [7, 11) is -0.593. The van der Waals surface area contributed by atoms with Crippen LogP contribution in [-0.2, 0) is 19.5 Å². The number of sulfonamides is 1. The Morgan fingerprint density at radius 3 is 2.20 bits per heavy atom. The number of H-pyrrole nitrogens is 1. The molecular weight excluding hydrogens is 412 g/mol. The van der Waals surface area contributed by atoms with Crippen molar-refractivity contribution in [3.8, 4) is 5.75 Å². The van der Waals surface area contributed by atoms with E-state index in [1.165, 1.54) is 38.4 Å². The minimum atomic E-state index is -3.50. The van der Waals surface area contributed by atoms with Crippen LogP contribution in [0.4, 0.5) is 0 Å². The summed E-state index contributed by atoms with van der Waals surface area (Å²) < 4.78 is 40.9. The fraction of sp³-hybridized carbons (Fsp3) is 0.400. The van der Waals surface area contributed by atoms with Gasteiger partial charge in [-0.25, -0.2) is 22.3 Å². The smallest absolute Gasteiger partial charge is 0.355 e. The molecule has 30 heavy (non-hydrogen) atoms. The monoisotopic (exact) mass is 438 g/mol. The van der Waals surface area contributed by atoms with E-state index in [-0.39, 0.29) is 30.4 Å². The van der Waals surface area contributed by atoms with Crippen molar-refractivity contribution in [1.29, 1.82) is 0 Å². The fourth-order valence-corrected chi connectivity index (χ4v) is 3.65. The standard InChI is InChI=1S/C20H26N2O7S/c1-6-27-19(23)17-13(2)18(21-14(17)3)20(24)29-12-11-28-15-7-9-16(10-8-15)30(25,26)22(4)5/h7-10,21H,6,11-12H2,1-5H3. The van der Waals surface area contributed by atoms with Gasteiger partial charge in [-0.15, -0.1) is 0 Å². The van der Waals surface area contributed by atoms with Crippen LogP contribution in [0.5, 0.6) is 5.75 Å². The maximum absolute atomic E-state index is 12.3. The molecule has 2 rings (SSSR count). The Morgan fingerprint density at radius 1 is 1.00 bits per heavy atom. The first-order valence-corrected chi connectivity index (χ1v) is 10.7. The maximum atomic E-state index is 12.3. The molecule has 164 valence electrons. The summed E-state index contributed by atoms with van der Waals surface area (Å²) in [5.41, 5.74) is 1.51. The Kier molecular flexibility index (Phi) is 7.63. The molecule has 0 fully saturated rings. The van der Waals surface area contributed by atoms with Gasteiger partial charge in [-0.2, -0.15) is 0 Å². The van der Waals surface area contributed by atoms with Gasteiger partial charge in [-0.3, -0.25) is 0 Å². The molecule has 0 amide bonds. The molecule has 0 saturated carbocycles. The van der Waals surface area contributed by atoms with Crippen molar-refractivity contribution >= 4 is 22.0 Å². The molecule has 0 spiro atoms. The van der Waals surface area contributed by atoms with Crippen molar-refractivity contribution in [2.24, 2.45) is 0 Å². The number of aromatic nitrogens is 1. The molecule has 0 bridgehead atoms. The van der Waals surface area contributed by atoms with Crippen molar-refractivity contribution in [3.63, 3.8) is 0 Å². The van der Waals surface area contributed by atoms with E-state index >= 15 is 0 Å². The lowest BCUT2D eigenvalue weighted by molar-refractivity contribution is 0.0443. The van der Waals surface area contributed by atoms with Crippen LogP contribution in [0, 0.1) is 13.8 Å². The molecule has 1 N–H and O–H groups in total. The lowest BCUT2D eigenvalue weighted by Gasteiger charge is -2.12. The first kappa shape index (κ1) is 23.4. The van der Waals surface area contributed by atoms with Crippen LogP contribution in [-0.4, -0.2) is 63.6 Å². The van der Waals surface area contributed by atoms with Crippen LogP contribution >= 0.6 is 0 Å². The average Bonchev–Trinajstić information content (AvgIpc) is 2.99. The van der Waals surface area contributed by atoms with E-state index in [9.17, 15) is 18.0 Å². The summed E-state index contributed by atoms with van der Waals surface area (Å²) in [6, 6.07) is 5.95. The molecule has 0 atom stereocenters. The largest absolute Gasteiger partial charge is 0.490 e. The van der Waals surface area contributed by atoms with E-state index in [4.69, 9.17) is 14.2 Å². The maximum Gasteiger partial charge on any atom is 0.355 e. The number of aryl methyl sites for hydroxylation is 1. The second-order valence-electron chi connectivity index (χ2n) is 6.59. The lowest BCUT2D eigenvalue weighted by atomic mass is 10.1. The van der Waals surface area contributed by atoms with Crippen molar-refractivity contribution in [1.82, 2.24) is 9.29 Å². The number of rotatable bonds is 9. The molecule has 0 unspecified atom stereocenters. The Bertz CT molecular complexity index is 1010. The minimum Gasteiger partial charge on any atom is -0.490 e. The van der Waals surface area contributed by atoms with E-state index < -0.39 is 22.0 Å². The first-order chi connectivity index (χ1) is 14.1. The van der Waals surface area contributed by atoms with Gasteiger partial charge in [0.1, 0.15) is 24.7 Å². The van der Waals surface area contributed by atoms with Gasteiger partial charge < -0.3 is 19.2 Å². The highest BCUT2D eigenvalue weighted by Gasteiger charge is 2.23. The zero-order valence-corrected chi connectivity index (χ0v) is 18.5. The summed E-state index contributed by atoms with van der Waals surface area (Å²) >= 11 is 0.